The molecule has 2 aliphatic rings. The molecule has 0 spiro atoms. The van der Waals surface area contributed by atoms with Gasteiger partial charge in [-0.1, -0.05) is 0 Å². The van der Waals surface area contributed by atoms with Gasteiger partial charge in [-0.2, -0.15) is 0 Å². The van der Waals surface area contributed by atoms with Crippen LogP contribution in [0.15, 0.2) is 36.4 Å². The van der Waals surface area contributed by atoms with Crippen molar-refractivity contribution < 1.29 is 40.5 Å². The molecule has 0 aromatic heterocycles. The van der Waals surface area contributed by atoms with Gasteiger partial charge < -0.3 is 0 Å². The maximum absolute atomic E-state index is 12.7. The van der Waals surface area contributed by atoms with Gasteiger partial charge in [0.2, 0.25) is 0 Å². The number of benzene rings is 2. The van der Waals surface area contributed by atoms with Gasteiger partial charge in [-0.3, -0.25) is 0 Å². The number of fused-ring (bicyclic) bond motifs is 5. The van der Waals surface area contributed by atoms with E-state index in [9.17, 15) is 4.79 Å². The summed E-state index contributed by atoms with van der Waals surface area (Å²) >= 11 is 1.05. The second-order valence-electron chi connectivity index (χ2n) is 6.24. The Balaban J connectivity index is 1.98. The number of carbonyl (C=O) groups excluding carboxylic acids is 1. The first-order chi connectivity index (χ1) is 10.5. The van der Waals surface area contributed by atoms with Gasteiger partial charge in [-0.05, 0) is 0 Å². The zero-order valence-corrected chi connectivity index (χ0v) is 15.5. The van der Waals surface area contributed by atoms with Crippen LogP contribution in [0.5, 0.6) is 11.5 Å². The molecular formula is C18H16NO2Y. The summed E-state index contributed by atoms with van der Waals surface area (Å²) in [7, 11) is 1.90. The fourth-order valence-electron chi connectivity index (χ4n) is 3.60. The minimum atomic E-state index is -0.115. The van der Waals surface area contributed by atoms with E-state index in [2.05, 4.69) is 31.2 Å². The predicted octanol–water partition coefficient (Wildman–Crippen LogP) is 2.61. The van der Waals surface area contributed by atoms with Crippen LogP contribution in [-0.4, -0.2) is 24.4 Å². The van der Waals surface area contributed by atoms with Crippen LogP contribution in [0.4, 0.5) is 0 Å². The number of nitrogens with zero attached hydrogens (tertiary/aromatic N) is 1. The second-order valence-corrected chi connectivity index (χ2v) is 7.88. The first-order valence-corrected chi connectivity index (χ1v) is 8.89. The Morgan fingerprint density at radius 1 is 1.14 bits per heavy atom. The van der Waals surface area contributed by atoms with Crippen molar-refractivity contribution in [3.05, 3.63) is 53.1 Å². The van der Waals surface area contributed by atoms with Gasteiger partial charge in [0, 0.05) is 0 Å². The number of likely N-dealkylation sites (tertiary alicyclic amines) is 1. The van der Waals surface area contributed by atoms with E-state index in [-0.39, 0.29) is 17.7 Å². The van der Waals surface area contributed by atoms with E-state index in [0.29, 0.717) is 0 Å². The molecule has 0 bridgehead atoms. The number of amides is 1. The molecule has 22 heavy (non-hydrogen) atoms. The number of carbonyl (C=O) groups is 1. The van der Waals surface area contributed by atoms with Crippen LogP contribution in [0.3, 0.4) is 0 Å². The Morgan fingerprint density at radius 2 is 1.86 bits per heavy atom. The predicted molar refractivity (Wildman–Crippen MR) is 80.4 cm³/mol. The molecule has 1 saturated heterocycles. The minimum absolute atomic E-state index is 0.115. The zero-order valence-electron chi connectivity index (χ0n) is 12.7. The fraction of sp³-hybridized carbons (Fsp3) is 0.278. The van der Waals surface area contributed by atoms with Crippen LogP contribution in [0, 0.1) is 6.92 Å². The molecule has 1 amide bonds. The molecule has 0 unspecified atom stereocenters. The number of hydrogen-bond acceptors (Lipinski definition) is 2. The van der Waals surface area contributed by atoms with Gasteiger partial charge in [-0.25, -0.2) is 0 Å². The Bertz CT molecular complexity index is 787. The van der Waals surface area contributed by atoms with Crippen molar-refractivity contribution in [2.75, 3.05) is 13.6 Å². The summed E-state index contributed by atoms with van der Waals surface area (Å²) < 4.78 is 7.46. The molecule has 2 atom stereocenters. The van der Waals surface area contributed by atoms with E-state index in [4.69, 9.17) is 4.74 Å². The van der Waals surface area contributed by atoms with Crippen LogP contribution in [-0.2, 0) is 35.7 Å². The molecule has 2 aliphatic heterocycles. The molecule has 2 heterocycles. The molecular weight excluding hydrogens is 351 g/mol. The molecule has 0 aliphatic carbocycles. The van der Waals surface area contributed by atoms with E-state index in [1.807, 2.05) is 24.1 Å². The van der Waals surface area contributed by atoms with E-state index < -0.39 is 0 Å². The van der Waals surface area contributed by atoms with Crippen LogP contribution < -0.4 is 7.11 Å². The summed E-state index contributed by atoms with van der Waals surface area (Å²) in [6.07, 6.45) is 0. The summed E-state index contributed by atoms with van der Waals surface area (Å²) in [6, 6.07) is 12.6. The Labute approximate surface area is 150 Å². The molecule has 4 heteroatoms. The number of rotatable bonds is 0. The van der Waals surface area contributed by atoms with Crippen molar-refractivity contribution in [2.24, 2.45) is 0 Å². The normalized spacial score (nSPS) is 22.4. The van der Waals surface area contributed by atoms with Crippen molar-refractivity contribution in [3.8, 4) is 11.5 Å². The van der Waals surface area contributed by atoms with Gasteiger partial charge in [0.05, 0.1) is 0 Å². The summed E-state index contributed by atoms with van der Waals surface area (Å²) in [4.78, 5) is 14.6. The van der Waals surface area contributed by atoms with Gasteiger partial charge in [-0.15, -0.1) is 0 Å². The summed E-state index contributed by atoms with van der Waals surface area (Å²) in [6.45, 7) is 2.84. The third-order valence-corrected chi connectivity index (χ3v) is 5.55. The molecule has 0 N–H and O–H groups in total. The van der Waals surface area contributed by atoms with Crippen molar-refractivity contribution in [1.29, 1.82) is 0 Å². The molecule has 108 valence electrons. The standard InChI is InChI=1S/C18H16NO2.Y/c1-11-7-8-16-13(9-11)14-10-19(2)18(20)17(14)12-5-3-4-6-15(12)21-16;/h4-9,14,17H,10H2,1-2H3;/t14-,17+;/m1./s1. The molecule has 2 aromatic carbocycles. The quantitative estimate of drug-likeness (QED) is 0.717. The average molecular weight is 367 g/mol. The number of ether oxygens (including phenoxy) is 1. The van der Waals surface area contributed by atoms with Crippen molar-refractivity contribution in [2.45, 2.75) is 18.8 Å². The average Bonchev–Trinajstić information content (AvgIpc) is 2.71. The van der Waals surface area contributed by atoms with Crippen molar-refractivity contribution >= 4 is 8.28 Å². The maximum atomic E-state index is 12.7. The topological polar surface area (TPSA) is 29.5 Å². The van der Waals surface area contributed by atoms with E-state index in [1.165, 1.54) is 7.94 Å². The van der Waals surface area contributed by atoms with E-state index in [1.54, 1.807) is 0 Å². The molecule has 0 saturated carbocycles. The molecule has 0 radical (unpaired) electrons. The molecule has 1 fully saturated rings. The molecule has 2 aromatic rings. The summed E-state index contributed by atoms with van der Waals surface area (Å²) in [5, 5.41) is 0. The summed E-state index contributed by atoms with van der Waals surface area (Å²) in [5.74, 6) is 1.99. The van der Waals surface area contributed by atoms with Crippen LogP contribution in [0.2, 0.25) is 0 Å². The monoisotopic (exact) mass is 367 g/mol. The Hall–Kier alpha value is -1.19. The fourth-order valence-corrected chi connectivity index (χ4v) is 4.28. The third-order valence-electron chi connectivity index (χ3n) is 4.67. The molecule has 3 nitrogen and oxygen atoms in total. The van der Waals surface area contributed by atoms with Crippen LogP contribution in [0.25, 0.3) is 0 Å². The zero-order chi connectivity index (χ0) is 15.4. The third kappa shape index (κ3) is 2.14. The van der Waals surface area contributed by atoms with Crippen LogP contribution in [0.1, 0.15) is 28.5 Å². The number of aryl methyl sites for hydroxylation is 1. The van der Waals surface area contributed by atoms with Gasteiger partial charge in [0.1, 0.15) is 0 Å². The Morgan fingerprint density at radius 3 is 2.68 bits per heavy atom. The van der Waals surface area contributed by atoms with Gasteiger partial charge in [0.25, 0.3) is 0 Å². The number of hydrogen-bond donors (Lipinski definition) is 0. The van der Waals surface area contributed by atoms with E-state index in [0.717, 1.165) is 60.1 Å². The Kier molecular flexibility index (Phi) is 3.39. The van der Waals surface area contributed by atoms with Gasteiger partial charge in [0.15, 0.2) is 0 Å². The molecule has 4 rings (SSSR count). The number of likely N-dealkylation sites (N-methyl/N-ethyl adjacent to an activating group) is 1. The second kappa shape index (κ2) is 5.17. The summed E-state index contributed by atoms with van der Waals surface area (Å²) in [5.41, 5.74) is 3.42. The van der Waals surface area contributed by atoms with Gasteiger partial charge >= 0.3 is 151 Å². The first-order valence-electron chi connectivity index (χ1n) is 7.47. The van der Waals surface area contributed by atoms with Crippen LogP contribution >= 0.6 is 0 Å². The van der Waals surface area contributed by atoms with E-state index >= 15 is 0 Å². The van der Waals surface area contributed by atoms with Crippen molar-refractivity contribution in [1.82, 2.24) is 4.90 Å². The SMILES string of the molecule is Cc1ccc2c(c1)[C@H]1CN(C)C(=O)[C@H]1c1c[c]([Y])ccc1O2. The van der Waals surface area contributed by atoms with Crippen molar-refractivity contribution in [3.63, 3.8) is 0 Å². The first kappa shape index (κ1) is 14.4.